The summed E-state index contributed by atoms with van der Waals surface area (Å²) in [4.78, 5) is 0. The maximum absolute atomic E-state index is 5.67. The van der Waals surface area contributed by atoms with Crippen LogP contribution in [0.5, 0.6) is 0 Å². The monoisotopic (exact) mass is 163 g/mol. The van der Waals surface area contributed by atoms with Gasteiger partial charge in [0.05, 0.1) is 0 Å². The van der Waals surface area contributed by atoms with Gasteiger partial charge in [-0.15, -0.1) is 0 Å². The molecule has 0 aromatic heterocycles. The summed E-state index contributed by atoms with van der Waals surface area (Å²) in [6.07, 6.45) is 0. The zero-order valence-electron chi connectivity index (χ0n) is 8.36. The van der Waals surface area contributed by atoms with Crippen molar-refractivity contribution in [1.82, 2.24) is 0 Å². The number of benzene rings is 1. The topological polar surface area (TPSA) is 26.0 Å². The molecule has 2 N–H and O–H groups in total. The highest BCUT2D eigenvalue weighted by molar-refractivity contribution is 5.43. The van der Waals surface area contributed by atoms with Crippen LogP contribution >= 0.6 is 0 Å². The fraction of sp³-hybridized carbons (Fsp3) is 0.455. The van der Waals surface area contributed by atoms with E-state index >= 15 is 0 Å². The van der Waals surface area contributed by atoms with Gasteiger partial charge in [-0.05, 0) is 55.5 Å². The van der Waals surface area contributed by atoms with Crippen LogP contribution in [0.15, 0.2) is 6.07 Å². The SMILES string of the molecule is Cc1cc(C)c(CN)c(C)c1C. The molecule has 0 aliphatic carbocycles. The van der Waals surface area contributed by atoms with Crippen LogP contribution in [0.25, 0.3) is 0 Å². The van der Waals surface area contributed by atoms with E-state index in [0.29, 0.717) is 6.54 Å². The van der Waals surface area contributed by atoms with Gasteiger partial charge in [0.1, 0.15) is 0 Å². The highest BCUT2D eigenvalue weighted by Gasteiger charge is 2.05. The first kappa shape index (κ1) is 9.27. The first-order valence-electron chi connectivity index (χ1n) is 4.34. The van der Waals surface area contributed by atoms with Crippen molar-refractivity contribution in [3.05, 3.63) is 33.9 Å². The molecule has 1 heteroatoms. The Hall–Kier alpha value is -0.820. The van der Waals surface area contributed by atoms with E-state index in [9.17, 15) is 0 Å². The second-order valence-electron chi connectivity index (χ2n) is 3.44. The van der Waals surface area contributed by atoms with Crippen molar-refractivity contribution in [2.75, 3.05) is 0 Å². The van der Waals surface area contributed by atoms with E-state index in [2.05, 4.69) is 33.8 Å². The van der Waals surface area contributed by atoms with Crippen LogP contribution < -0.4 is 5.73 Å². The highest BCUT2D eigenvalue weighted by Crippen LogP contribution is 2.20. The van der Waals surface area contributed by atoms with Crippen molar-refractivity contribution >= 4 is 0 Å². The standard InChI is InChI=1S/C11H17N/c1-7-5-8(2)11(6-12)10(4)9(7)3/h5H,6,12H2,1-4H3. The summed E-state index contributed by atoms with van der Waals surface area (Å²) < 4.78 is 0. The molecule has 1 rings (SSSR count). The Morgan fingerprint density at radius 2 is 1.58 bits per heavy atom. The lowest BCUT2D eigenvalue weighted by Crippen LogP contribution is -2.04. The maximum Gasteiger partial charge on any atom is 0.0183 e. The molecule has 0 saturated carbocycles. The van der Waals surface area contributed by atoms with E-state index in [1.807, 2.05) is 0 Å². The molecule has 0 heterocycles. The molecule has 1 nitrogen and oxygen atoms in total. The smallest absolute Gasteiger partial charge is 0.0183 e. The fourth-order valence-corrected chi connectivity index (χ4v) is 1.65. The van der Waals surface area contributed by atoms with Gasteiger partial charge >= 0.3 is 0 Å². The zero-order chi connectivity index (χ0) is 9.30. The lowest BCUT2D eigenvalue weighted by molar-refractivity contribution is 1.01. The summed E-state index contributed by atoms with van der Waals surface area (Å²) in [5, 5.41) is 0. The Kier molecular flexibility index (Phi) is 2.53. The third-order valence-electron chi connectivity index (χ3n) is 2.72. The molecule has 12 heavy (non-hydrogen) atoms. The Balaban J connectivity index is 3.40. The van der Waals surface area contributed by atoms with Gasteiger partial charge in [-0.25, -0.2) is 0 Å². The molecule has 0 fully saturated rings. The molecule has 0 unspecified atom stereocenters. The largest absolute Gasteiger partial charge is 0.326 e. The van der Waals surface area contributed by atoms with Crippen molar-refractivity contribution in [2.24, 2.45) is 5.73 Å². The van der Waals surface area contributed by atoms with Crippen molar-refractivity contribution in [3.8, 4) is 0 Å². The molecule has 0 aliphatic rings. The number of aryl methyl sites for hydroxylation is 2. The van der Waals surface area contributed by atoms with Crippen molar-refractivity contribution in [1.29, 1.82) is 0 Å². The number of hydrogen-bond donors (Lipinski definition) is 1. The first-order valence-corrected chi connectivity index (χ1v) is 4.34. The van der Waals surface area contributed by atoms with E-state index in [1.165, 1.54) is 27.8 Å². The Morgan fingerprint density at radius 3 is 2.08 bits per heavy atom. The molecule has 0 bridgehead atoms. The molecule has 0 spiro atoms. The van der Waals surface area contributed by atoms with Crippen molar-refractivity contribution < 1.29 is 0 Å². The fourth-order valence-electron chi connectivity index (χ4n) is 1.65. The minimum absolute atomic E-state index is 0.652. The van der Waals surface area contributed by atoms with Crippen molar-refractivity contribution in [2.45, 2.75) is 34.2 Å². The summed E-state index contributed by atoms with van der Waals surface area (Å²) in [6, 6.07) is 2.21. The lowest BCUT2D eigenvalue weighted by Gasteiger charge is -2.12. The molecule has 0 radical (unpaired) electrons. The van der Waals surface area contributed by atoms with E-state index in [4.69, 9.17) is 5.73 Å². The summed E-state index contributed by atoms with van der Waals surface area (Å²) >= 11 is 0. The van der Waals surface area contributed by atoms with Gasteiger partial charge in [-0.3, -0.25) is 0 Å². The van der Waals surface area contributed by atoms with Crippen LogP contribution in [-0.2, 0) is 6.54 Å². The van der Waals surface area contributed by atoms with E-state index < -0.39 is 0 Å². The quantitative estimate of drug-likeness (QED) is 0.676. The molecule has 0 amide bonds. The van der Waals surface area contributed by atoms with Gasteiger partial charge in [-0.1, -0.05) is 6.07 Å². The average Bonchev–Trinajstić information content (AvgIpc) is 2.01. The average molecular weight is 163 g/mol. The highest BCUT2D eigenvalue weighted by atomic mass is 14.5. The van der Waals surface area contributed by atoms with E-state index in [-0.39, 0.29) is 0 Å². The van der Waals surface area contributed by atoms with Crippen LogP contribution in [0.3, 0.4) is 0 Å². The molecule has 0 aliphatic heterocycles. The third kappa shape index (κ3) is 1.37. The number of rotatable bonds is 1. The summed E-state index contributed by atoms with van der Waals surface area (Å²) in [7, 11) is 0. The molecule has 0 saturated heterocycles. The Morgan fingerprint density at radius 1 is 1.00 bits per heavy atom. The predicted octanol–water partition coefficient (Wildman–Crippen LogP) is 2.38. The maximum atomic E-state index is 5.67. The normalized spacial score (nSPS) is 10.4. The second kappa shape index (κ2) is 3.28. The van der Waals surface area contributed by atoms with E-state index in [1.54, 1.807) is 0 Å². The summed E-state index contributed by atoms with van der Waals surface area (Å²) in [6.45, 7) is 9.23. The van der Waals surface area contributed by atoms with Crippen LogP contribution in [-0.4, -0.2) is 0 Å². The minimum Gasteiger partial charge on any atom is -0.326 e. The van der Waals surface area contributed by atoms with E-state index in [0.717, 1.165) is 0 Å². The molecule has 1 aromatic rings. The van der Waals surface area contributed by atoms with Gasteiger partial charge in [0.25, 0.3) is 0 Å². The van der Waals surface area contributed by atoms with Gasteiger partial charge in [0, 0.05) is 6.54 Å². The van der Waals surface area contributed by atoms with Crippen LogP contribution in [0.1, 0.15) is 27.8 Å². The Labute approximate surface area is 74.6 Å². The molecule has 1 aromatic carbocycles. The zero-order valence-corrected chi connectivity index (χ0v) is 8.36. The van der Waals surface area contributed by atoms with Gasteiger partial charge in [0.2, 0.25) is 0 Å². The van der Waals surface area contributed by atoms with Crippen LogP contribution in [0.4, 0.5) is 0 Å². The lowest BCUT2D eigenvalue weighted by atomic mass is 9.94. The number of nitrogens with two attached hydrogens (primary N) is 1. The molecule has 66 valence electrons. The van der Waals surface area contributed by atoms with Crippen LogP contribution in [0.2, 0.25) is 0 Å². The van der Waals surface area contributed by atoms with Gasteiger partial charge in [-0.2, -0.15) is 0 Å². The minimum atomic E-state index is 0.652. The molecule has 0 atom stereocenters. The third-order valence-corrected chi connectivity index (χ3v) is 2.72. The molecular weight excluding hydrogens is 146 g/mol. The second-order valence-corrected chi connectivity index (χ2v) is 3.44. The van der Waals surface area contributed by atoms with Gasteiger partial charge < -0.3 is 5.73 Å². The molecular formula is C11H17N. The van der Waals surface area contributed by atoms with Crippen molar-refractivity contribution in [3.63, 3.8) is 0 Å². The number of hydrogen-bond acceptors (Lipinski definition) is 1. The summed E-state index contributed by atoms with van der Waals surface area (Å²) in [5.74, 6) is 0. The van der Waals surface area contributed by atoms with Gasteiger partial charge in [0.15, 0.2) is 0 Å². The Bertz CT molecular complexity index is 300. The predicted molar refractivity (Wildman–Crippen MR) is 53.3 cm³/mol. The first-order chi connectivity index (χ1) is 5.57. The van der Waals surface area contributed by atoms with Crippen LogP contribution in [0, 0.1) is 27.7 Å². The summed E-state index contributed by atoms with van der Waals surface area (Å²) in [5.41, 5.74) is 12.4.